The summed E-state index contributed by atoms with van der Waals surface area (Å²) >= 11 is 0. The first-order chi connectivity index (χ1) is 16.9. The normalized spacial score (nSPS) is 15.3. The van der Waals surface area contributed by atoms with Gasteiger partial charge in [0.2, 0.25) is 5.95 Å². The number of hydrogen-bond acceptors (Lipinski definition) is 10. The van der Waals surface area contributed by atoms with Crippen LogP contribution in [-0.2, 0) is 12.8 Å². The first-order valence-corrected chi connectivity index (χ1v) is 11.2. The molecule has 4 aromatic rings. The van der Waals surface area contributed by atoms with E-state index in [1.807, 2.05) is 13.1 Å². The van der Waals surface area contributed by atoms with Gasteiger partial charge in [-0.2, -0.15) is 9.97 Å². The summed E-state index contributed by atoms with van der Waals surface area (Å²) < 4.78 is 0.936. The molecule has 11 nitrogen and oxygen atoms in total. The van der Waals surface area contributed by atoms with Crippen molar-refractivity contribution in [2.45, 2.75) is 25.3 Å². The van der Waals surface area contributed by atoms with Crippen LogP contribution in [0, 0.1) is 0 Å². The zero-order valence-electron chi connectivity index (χ0n) is 19.4. The molecule has 0 saturated heterocycles. The van der Waals surface area contributed by atoms with E-state index in [4.69, 9.17) is 5.73 Å². The molecule has 0 amide bonds. The van der Waals surface area contributed by atoms with Crippen LogP contribution in [0.3, 0.4) is 0 Å². The van der Waals surface area contributed by atoms with Crippen molar-refractivity contribution >= 4 is 28.5 Å². The molecule has 0 bridgehead atoms. The third-order valence-corrected chi connectivity index (χ3v) is 6.46. The minimum absolute atomic E-state index is 0.0433. The Morgan fingerprint density at radius 3 is 2.66 bits per heavy atom. The fourth-order valence-electron chi connectivity index (χ4n) is 4.48. The van der Waals surface area contributed by atoms with Crippen LogP contribution in [0.15, 0.2) is 47.4 Å². The fraction of sp³-hybridized carbons (Fsp3) is 0.250. The van der Waals surface area contributed by atoms with Gasteiger partial charge in [-0.05, 0) is 61.7 Å². The van der Waals surface area contributed by atoms with Crippen LogP contribution in [0.1, 0.15) is 17.5 Å². The van der Waals surface area contributed by atoms with Crippen molar-refractivity contribution in [1.29, 1.82) is 0 Å². The number of fused-ring (bicyclic) bond motifs is 2. The molecule has 1 unspecified atom stereocenters. The molecular formula is C24H26N8O3. The lowest BCUT2D eigenvalue weighted by molar-refractivity contribution is 0.166. The number of aromatic nitrogens is 4. The third kappa shape index (κ3) is 4.11. The van der Waals surface area contributed by atoms with E-state index in [1.165, 1.54) is 35.5 Å². The van der Waals surface area contributed by atoms with Gasteiger partial charge in [0.1, 0.15) is 23.0 Å². The second kappa shape index (κ2) is 8.85. The van der Waals surface area contributed by atoms with Crippen molar-refractivity contribution in [2.75, 3.05) is 25.1 Å². The number of hydrazine groups is 1. The van der Waals surface area contributed by atoms with Crippen LogP contribution in [0.4, 0.5) is 17.5 Å². The molecule has 1 aliphatic carbocycles. The predicted molar refractivity (Wildman–Crippen MR) is 133 cm³/mol. The monoisotopic (exact) mass is 474 g/mol. The Morgan fingerprint density at radius 1 is 1.14 bits per heavy atom. The van der Waals surface area contributed by atoms with Gasteiger partial charge in [-0.25, -0.2) is 19.4 Å². The van der Waals surface area contributed by atoms with E-state index >= 15 is 0 Å². The van der Waals surface area contributed by atoms with E-state index in [0.29, 0.717) is 11.4 Å². The first-order valence-electron chi connectivity index (χ1n) is 11.2. The number of likely N-dealkylation sites (N-methyl/N-ethyl adjacent to an activating group) is 1. The highest BCUT2D eigenvalue weighted by molar-refractivity contribution is 5.86. The first kappa shape index (κ1) is 22.6. The highest BCUT2D eigenvalue weighted by Crippen LogP contribution is 2.32. The Bertz CT molecular complexity index is 1470. The van der Waals surface area contributed by atoms with Crippen molar-refractivity contribution in [3.8, 4) is 17.2 Å². The molecule has 5 rings (SSSR count). The summed E-state index contributed by atoms with van der Waals surface area (Å²) in [5.74, 6) is -0.389. The zero-order chi connectivity index (χ0) is 24.7. The van der Waals surface area contributed by atoms with Gasteiger partial charge in [0.15, 0.2) is 5.65 Å². The number of nitrogens with one attached hydrogen (secondary N) is 2. The van der Waals surface area contributed by atoms with Crippen molar-refractivity contribution < 1.29 is 10.2 Å². The minimum atomic E-state index is -0.786. The van der Waals surface area contributed by atoms with Crippen molar-refractivity contribution in [2.24, 2.45) is 0 Å². The third-order valence-electron chi connectivity index (χ3n) is 6.46. The average Bonchev–Trinajstić information content (AvgIpc) is 2.84. The second-order valence-corrected chi connectivity index (χ2v) is 8.53. The van der Waals surface area contributed by atoms with E-state index in [1.54, 1.807) is 0 Å². The van der Waals surface area contributed by atoms with Crippen LogP contribution in [-0.4, -0.2) is 54.9 Å². The quantitative estimate of drug-likeness (QED) is 0.271. The molecule has 0 fully saturated rings. The molecule has 180 valence electrons. The molecule has 1 aliphatic rings. The molecule has 0 radical (unpaired) electrons. The molecule has 0 saturated carbocycles. The number of phenols is 2. The van der Waals surface area contributed by atoms with Crippen LogP contribution < -0.4 is 22.2 Å². The molecule has 35 heavy (non-hydrogen) atoms. The van der Waals surface area contributed by atoms with E-state index in [0.717, 1.165) is 29.5 Å². The number of benzene rings is 2. The average molecular weight is 475 g/mol. The maximum Gasteiger partial charge on any atom is 0.356 e. The number of aromatic hydroxyl groups is 2. The molecule has 2 aromatic heterocycles. The lowest BCUT2D eigenvalue weighted by Crippen LogP contribution is -2.43. The molecule has 2 heterocycles. The summed E-state index contributed by atoms with van der Waals surface area (Å²) in [7, 11) is 3.99. The van der Waals surface area contributed by atoms with Gasteiger partial charge in [-0.15, -0.1) is 0 Å². The number of nitrogens with zero attached hydrogens (tertiary/aromatic N) is 5. The second-order valence-electron chi connectivity index (χ2n) is 8.53. The molecular weight excluding hydrogens is 448 g/mol. The summed E-state index contributed by atoms with van der Waals surface area (Å²) in [5, 5.41) is 26.0. The number of nitrogen functional groups attached to an aromatic ring is 1. The predicted octanol–water partition coefficient (Wildman–Crippen LogP) is 1.84. The van der Waals surface area contributed by atoms with Gasteiger partial charge < -0.3 is 21.3 Å². The number of para-hydroxylation sites is 1. The summed E-state index contributed by atoms with van der Waals surface area (Å²) in [4.78, 5) is 25.4. The number of aryl methyl sites for hydroxylation is 1. The molecule has 1 atom stereocenters. The number of nitrogens with two attached hydrogens (primary N) is 1. The summed E-state index contributed by atoms with van der Waals surface area (Å²) in [6.07, 6.45) is 4.46. The van der Waals surface area contributed by atoms with Gasteiger partial charge in [-0.3, -0.25) is 5.43 Å². The Hall–Kier alpha value is -4.22. The van der Waals surface area contributed by atoms with Crippen LogP contribution in [0.25, 0.3) is 16.7 Å². The number of rotatable bonds is 5. The van der Waals surface area contributed by atoms with Crippen LogP contribution in [0.5, 0.6) is 11.5 Å². The van der Waals surface area contributed by atoms with Gasteiger partial charge >= 0.3 is 5.69 Å². The smallest absolute Gasteiger partial charge is 0.356 e. The van der Waals surface area contributed by atoms with E-state index in [-0.39, 0.29) is 34.6 Å². The Kier molecular flexibility index (Phi) is 5.71. The van der Waals surface area contributed by atoms with Gasteiger partial charge in [0.05, 0.1) is 5.39 Å². The Labute approximate surface area is 200 Å². The van der Waals surface area contributed by atoms with E-state index in [2.05, 4.69) is 49.9 Å². The van der Waals surface area contributed by atoms with Gasteiger partial charge in [0.25, 0.3) is 0 Å². The molecule has 0 aliphatic heterocycles. The molecule has 11 heteroatoms. The lowest BCUT2D eigenvalue weighted by Gasteiger charge is -2.32. The van der Waals surface area contributed by atoms with Crippen molar-refractivity contribution in [1.82, 2.24) is 30.0 Å². The minimum Gasteiger partial charge on any atom is -0.506 e. The van der Waals surface area contributed by atoms with Crippen LogP contribution >= 0.6 is 0 Å². The van der Waals surface area contributed by atoms with Crippen molar-refractivity contribution in [3.05, 3.63) is 64.2 Å². The van der Waals surface area contributed by atoms with Crippen molar-refractivity contribution in [3.63, 3.8) is 0 Å². The fourth-order valence-corrected chi connectivity index (χ4v) is 4.48. The number of anilines is 3. The summed E-state index contributed by atoms with van der Waals surface area (Å²) in [6, 6.07) is 10.8. The maximum absolute atomic E-state index is 12.7. The Morgan fingerprint density at radius 2 is 1.91 bits per heavy atom. The molecule has 6 N–H and O–H groups in total. The number of phenolic OH excluding ortho intramolecular Hbond substituents is 2. The number of hydrogen-bond donors (Lipinski definition) is 5. The largest absolute Gasteiger partial charge is 0.506 e. The van der Waals surface area contributed by atoms with E-state index < -0.39 is 5.69 Å². The lowest BCUT2D eigenvalue weighted by atomic mass is 9.88. The highest BCUT2D eigenvalue weighted by atomic mass is 16.3. The Balaban J connectivity index is 1.45. The standard InChI is InChI=1S/C24H26N8O3/c1-26-31(2)16-9-7-13-10-15(8-6-14(13)11-16)28-23-27-12-17-21(25)32(24(35)30-22(17)29-23)20-18(33)4-3-5-19(20)34/h3-6,8,10,12,16,26,33-34H,7,9,11,25H2,1-2H3,(H,28,29,30,35). The SMILES string of the molecule is CNN(C)C1CCc2cc(Nc3ncc4c(N)n(-c5c(O)cccc5O)c(=O)nc4n3)ccc2C1. The highest BCUT2D eigenvalue weighted by Gasteiger charge is 2.22. The maximum atomic E-state index is 12.7. The molecule has 2 aromatic carbocycles. The van der Waals surface area contributed by atoms with Gasteiger partial charge in [-0.1, -0.05) is 12.1 Å². The zero-order valence-corrected chi connectivity index (χ0v) is 19.4. The van der Waals surface area contributed by atoms with E-state index in [9.17, 15) is 15.0 Å². The summed E-state index contributed by atoms with van der Waals surface area (Å²) in [5.41, 5.74) is 12.0. The summed E-state index contributed by atoms with van der Waals surface area (Å²) in [6.45, 7) is 0. The molecule has 0 spiro atoms. The topological polar surface area (TPSA) is 154 Å². The van der Waals surface area contributed by atoms with Gasteiger partial charge in [0, 0.05) is 25.0 Å². The van der Waals surface area contributed by atoms with Crippen LogP contribution in [0.2, 0.25) is 0 Å².